The van der Waals surface area contributed by atoms with Gasteiger partial charge in [-0.2, -0.15) is 0 Å². The van der Waals surface area contributed by atoms with Gasteiger partial charge in [0.15, 0.2) is 5.78 Å². The van der Waals surface area contributed by atoms with Gasteiger partial charge in [-0.25, -0.2) is 8.78 Å². The second-order valence-corrected chi connectivity index (χ2v) is 4.39. The number of Topliss-reactive ketones (excluding diaryl/α,β-unsaturated/α-hetero) is 1. The van der Waals surface area contributed by atoms with Crippen molar-refractivity contribution in [1.82, 2.24) is 4.98 Å². The normalized spacial score (nSPS) is 12.2. The third kappa shape index (κ3) is 2.52. The highest BCUT2D eigenvalue weighted by molar-refractivity contribution is 6.01. The zero-order valence-electron chi connectivity index (χ0n) is 10.7. The molecule has 2 rings (SSSR count). The van der Waals surface area contributed by atoms with E-state index in [9.17, 15) is 13.6 Å². The van der Waals surface area contributed by atoms with E-state index >= 15 is 0 Å². The van der Waals surface area contributed by atoms with E-state index in [0.717, 1.165) is 6.07 Å². The molecule has 98 valence electrons. The topological polar surface area (TPSA) is 30.0 Å². The Hall–Kier alpha value is -2.10. The smallest absolute Gasteiger partial charge is 0.177 e. The average molecular weight is 261 g/mol. The maximum atomic E-state index is 13.9. The molecule has 0 amide bonds. The van der Waals surface area contributed by atoms with Crippen LogP contribution in [-0.4, -0.2) is 10.8 Å². The standard InChI is InChI=1S/C15H13F2NO/c1-9-6-7-11(16)13(14(9)17)15(19)10(2)12-5-3-4-8-18-12/h3-8,10H,1-2H3. The van der Waals surface area contributed by atoms with Gasteiger partial charge in [0, 0.05) is 6.20 Å². The van der Waals surface area contributed by atoms with E-state index in [1.54, 1.807) is 31.3 Å². The molecule has 1 aromatic heterocycles. The Morgan fingerprint density at radius 2 is 1.95 bits per heavy atom. The van der Waals surface area contributed by atoms with E-state index in [0.29, 0.717) is 5.69 Å². The van der Waals surface area contributed by atoms with Crippen LogP contribution in [0.1, 0.15) is 34.5 Å². The Labute approximate surface area is 110 Å². The molecule has 1 atom stereocenters. The van der Waals surface area contributed by atoms with Gasteiger partial charge < -0.3 is 0 Å². The predicted octanol–water partition coefficient (Wildman–Crippen LogP) is 3.65. The summed E-state index contributed by atoms with van der Waals surface area (Å²) < 4.78 is 27.6. The molecule has 0 N–H and O–H groups in total. The summed E-state index contributed by atoms with van der Waals surface area (Å²) in [6.45, 7) is 3.09. The molecule has 0 fully saturated rings. The monoisotopic (exact) mass is 261 g/mol. The third-order valence-corrected chi connectivity index (χ3v) is 3.06. The van der Waals surface area contributed by atoms with E-state index < -0.39 is 28.9 Å². The quantitative estimate of drug-likeness (QED) is 0.789. The van der Waals surface area contributed by atoms with Gasteiger partial charge in [0.2, 0.25) is 0 Å². The van der Waals surface area contributed by atoms with Crippen molar-refractivity contribution in [2.24, 2.45) is 0 Å². The number of aryl methyl sites for hydroxylation is 1. The summed E-state index contributed by atoms with van der Waals surface area (Å²) >= 11 is 0. The highest BCUT2D eigenvalue weighted by atomic mass is 19.1. The molecule has 2 nitrogen and oxygen atoms in total. The number of rotatable bonds is 3. The molecule has 0 aliphatic heterocycles. The SMILES string of the molecule is Cc1ccc(F)c(C(=O)C(C)c2ccccn2)c1F. The lowest BCUT2D eigenvalue weighted by Crippen LogP contribution is -2.15. The molecule has 1 unspecified atom stereocenters. The second-order valence-electron chi connectivity index (χ2n) is 4.39. The predicted molar refractivity (Wildman–Crippen MR) is 68.1 cm³/mol. The first-order valence-corrected chi connectivity index (χ1v) is 5.92. The van der Waals surface area contributed by atoms with E-state index in [-0.39, 0.29) is 5.56 Å². The van der Waals surface area contributed by atoms with Gasteiger partial charge in [-0.15, -0.1) is 0 Å². The molecule has 0 spiro atoms. The number of aromatic nitrogens is 1. The first kappa shape index (κ1) is 13.3. The zero-order valence-corrected chi connectivity index (χ0v) is 10.7. The van der Waals surface area contributed by atoms with Crippen LogP contribution in [0.15, 0.2) is 36.5 Å². The molecule has 0 aliphatic carbocycles. The summed E-state index contributed by atoms with van der Waals surface area (Å²) in [4.78, 5) is 16.3. The van der Waals surface area contributed by atoms with Crippen molar-refractivity contribution in [3.63, 3.8) is 0 Å². The largest absolute Gasteiger partial charge is 0.293 e. The molecule has 2 aromatic rings. The maximum Gasteiger partial charge on any atom is 0.177 e. The second kappa shape index (κ2) is 5.26. The molecule has 0 saturated heterocycles. The Morgan fingerprint density at radius 3 is 2.58 bits per heavy atom. The van der Waals surface area contributed by atoms with Crippen molar-refractivity contribution < 1.29 is 13.6 Å². The minimum atomic E-state index is -0.837. The highest BCUT2D eigenvalue weighted by Gasteiger charge is 2.25. The fourth-order valence-corrected chi connectivity index (χ4v) is 1.87. The average Bonchev–Trinajstić information content (AvgIpc) is 2.43. The van der Waals surface area contributed by atoms with Crippen LogP contribution < -0.4 is 0 Å². The lowest BCUT2D eigenvalue weighted by Gasteiger charge is -2.12. The van der Waals surface area contributed by atoms with Gasteiger partial charge in [-0.05, 0) is 37.6 Å². The number of nitrogens with zero attached hydrogens (tertiary/aromatic N) is 1. The Morgan fingerprint density at radius 1 is 1.21 bits per heavy atom. The van der Waals surface area contributed by atoms with Crippen LogP contribution >= 0.6 is 0 Å². The van der Waals surface area contributed by atoms with Crippen LogP contribution in [0.4, 0.5) is 8.78 Å². The van der Waals surface area contributed by atoms with Gasteiger partial charge in [0.25, 0.3) is 0 Å². The molecule has 0 saturated carbocycles. The Kier molecular flexibility index (Phi) is 3.69. The van der Waals surface area contributed by atoms with Crippen LogP contribution in [0.3, 0.4) is 0 Å². The summed E-state index contributed by atoms with van der Waals surface area (Å²) in [5.74, 6) is -2.92. The number of halogens is 2. The van der Waals surface area contributed by atoms with Crippen molar-refractivity contribution in [1.29, 1.82) is 0 Å². The molecular weight excluding hydrogens is 248 g/mol. The fourth-order valence-electron chi connectivity index (χ4n) is 1.87. The number of hydrogen-bond acceptors (Lipinski definition) is 2. The van der Waals surface area contributed by atoms with Crippen molar-refractivity contribution in [2.75, 3.05) is 0 Å². The van der Waals surface area contributed by atoms with Crippen molar-refractivity contribution in [3.05, 3.63) is 65.0 Å². The van der Waals surface area contributed by atoms with E-state index in [1.165, 1.54) is 13.0 Å². The van der Waals surface area contributed by atoms with Gasteiger partial charge in [-0.3, -0.25) is 9.78 Å². The third-order valence-electron chi connectivity index (χ3n) is 3.06. The number of carbonyl (C=O) groups excluding carboxylic acids is 1. The summed E-state index contributed by atoms with van der Waals surface area (Å²) in [6.07, 6.45) is 1.54. The van der Waals surface area contributed by atoms with Crippen LogP contribution in [0.2, 0.25) is 0 Å². The number of pyridine rings is 1. The Bertz CT molecular complexity index is 611. The zero-order chi connectivity index (χ0) is 14.0. The number of benzene rings is 1. The molecule has 0 bridgehead atoms. The number of ketones is 1. The van der Waals surface area contributed by atoms with Crippen LogP contribution in [0.25, 0.3) is 0 Å². The highest BCUT2D eigenvalue weighted by Crippen LogP contribution is 2.24. The van der Waals surface area contributed by atoms with E-state index in [2.05, 4.69) is 4.98 Å². The lowest BCUT2D eigenvalue weighted by molar-refractivity contribution is 0.0956. The van der Waals surface area contributed by atoms with Gasteiger partial charge in [-0.1, -0.05) is 12.1 Å². The summed E-state index contributed by atoms with van der Waals surface area (Å²) in [7, 11) is 0. The number of hydrogen-bond donors (Lipinski definition) is 0. The minimum absolute atomic E-state index is 0.248. The first-order chi connectivity index (χ1) is 9.02. The molecular formula is C15H13F2NO. The van der Waals surface area contributed by atoms with Gasteiger partial charge in [0.05, 0.1) is 17.2 Å². The van der Waals surface area contributed by atoms with Crippen LogP contribution in [-0.2, 0) is 0 Å². The fraction of sp³-hybridized carbons (Fsp3) is 0.200. The van der Waals surface area contributed by atoms with Crippen molar-refractivity contribution in [2.45, 2.75) is 19.8 Å². The van der Waals surface area contributed by atoms with E-state index in [4.69, 9.17) is 0 Å². The summed E-state index contributed by atoms with van der Waals surface area (Å²) in [5.41, 5.74) is 0.254. The van der Waals surface area contributed by atoms with Crippen molar-refractivity contribution >= 4 is 5.78 Å². The first-order valence-electron chi connectivity index (χ1n) is 5.92. The summed E-state index contributed by atoms with van der Waals surface area (Å²) in [6, 6.07) is 7.53. The lowest BCUT2D eigenvalue weighted by atomic mass is 9.94. The van der Waals surface area contributed by atoms with Crippen LogP contribution in [0, 0.1) is 18.6 Å². The van der Waals surface area contributed by atoms with E-state index in [1.807, 2.05) is 0 Å². The molecule has 1 aromatic carbocycles. The molecule has 1 heterocycles. The molecule has 4 heteroatoms. The number of carbonyl (C=O) groups is 1. The van der Waals surface area contributed by atoms with Gasteiger partial charge in [0.1, 0.15) is 11.6 Å². The Balaban J connectivity index is 2.43. The van der Waals surface area contributed by atoms with Gasteiger partial charge >= 0.3 is 0 Å². The maximum absolute atomic E-state index is 13.9. The van der Waals surface area contributed by atoms with Crippen LogP contribution in [0.5, 0.6) is 0 Å². The van der Waals surface area contributed by atoms with Crippen molar-refractivity contribution in [3.8, 4) is 0 Å². The molecule has 19 heavy (non-hydrogen) atoms. The molecule has 0 aliphatic rings. The summed E-state index contributed by atoms with van der Waals surface area (Å²) in [5, 5.41) is 0. The molecule has 0 radical (unpaired) electrons. The minimum Gasteiger partial charge on any atom is -0.293 e.